The first-order valence-corrected chi connectivity index (χ1v) is 7.74. The number of benzene rings is 1. The van der Waals surface area contributed by atoms with Crippen molar-refractivity contribution in [2.75, 3.05) is 0 Å². The van der Waals surface area contributed by atoms with E-state index in [0.29, 0.717) is 12.3 Å². The lowest BCUT2D eigenvalue weighted by atomic mass is 9.52. The zero-order chi connectivity index (χ0) is 13.5. The lowest BCUT2D eigenvalue weighted by Crippen LogP contribution is -2.53. The molecule has 1 aromatic carbocycles. The predicted octanol–water partition coefficient (Wildman–Crippen LogP) is 3.25. The van der Waals surface area contributed by atoms with Gasteiger partial charge in [-0.1, -0.05) is 30.2 Å². The van der Waals surface area contributed by atoms with E-state index in [1.165, 1.54) is 35.1 Å². The van der Waals surface area contributed by atoms with Gasteiger partial charge in [-0.15, -0.1) is 0 Å². The molecule has 3 aliphatic carbocycles. The smallest absolute Gasteiger partial charge is 0.178 e. The summed E-state index contributed by atoms with van der Waals surface area (Å²) in [4.78, 5) is 12.5. The minimum atomic E-state index is -0.236. The van der Waals surface area contributed by atoms with Gasteiger partial charge in [0.1, 0.15) is 5.75 Å². The van der Waals surface area contributed by atoms with Crippen LogP contribution in [0.3, 0.4) is 0 Å². The number of Topliss-reactive ketones (excluding diaryl/α,β-unsaturated/α-hetero) is 1. The molecule has 0 unspecified atom stereocenters. The van der Waals surface area contributed by atoms with E-state index >= 15 is 0 Å². The summed E-state index contributed by atoms with van der Waals surface area (Å²) in [5.41, 5.74) is 5.43. The van der Waals surface area contributed by atoms with Crippen LogP contribution in [0.1, 0.15) is 42.4 Å². The average Bonchev–Trinajstić information content (AvgIpc) is 2.78. The van der Waals surface area contributed by atoms with E-state index in [1.54, 1.807) is 0 Å². The first-order valence-electron chi connectivity index (χ1n) is 7.74. The highest BCUT2D eigenvalue weighted by atomic mass is 16.5. The summed E-state index contributed by atoms with van der Waals surface area (Å²) < 4.78 is 6.23. The zero-order valence-electron chi connectivity index (χ0n) is 11.7. The molecule has 0 saturated heterocycles. The predicted molar refractivity (Wildman–Crippen MR) is 76.0 cm³/mol. The molecule has 4 aliphatic rings. The lowest BCUT2D eigenvalue weighted by molar-refractivity contribution is -0.127. The summed E-state index contributed by atoms with van der Waals surface area (Å²) in [5.74, 6) is 1.94. The van der Waals surface area contributed by atoms with Gasteiger partial charge < -0.3 is 4.74 Å². The molecule has 1 spiro atoms. The highest BCUT2D eigenvalue weighted by Gasteiger charge is 2.61. The summed E-state index contributed by atoms with van der Waals surface area (Å²) in [7, 11) is 0. The Bertz CT molecular complexity index is 685. The summed E-state index contributed by atoms with van der Waals surface area (Å²) in [6.07, 6.45) is 7.31. The summed E-state index contributed by atoms with van der Waals surface area (Å²) in [6.45, 7) is 2.10. The van der Waals surface area contributed by atoms with E-state index in [9.17, 15) is 4.79 Å². The van der Waals surface area contributed by atoms with Crippen LogP contribution in [0, 0.1) is 12.8 Å². The van der Waals surface area contributed by atoms with Gasteiger partial charge in [0.2, 0.25) is 0 Å². The van der Waals surface area contributed by atoms with Crippen LogP contribution in [-0.2, 0) is 16.6 Å². The number of allylic oxidation sites excluding steroid dienone is 1. The SMILES string of the molecule is Cc1ccc2c3c1O[C@H]1C(=O)CC=C4[C@H](CCC[C@]431)C2. The summed E-state index contributed by atoms with van der Waals surface area (Å²) in [6, 6.07) is 4.44. The first kappa shape index (κ1) is 11.1. The highest BCUT2D eigenvalue weighted by Crippen LogP contribution is 2.62. The van der Waals surface area contributed by atoms with Gasteiger partial charge in [0.25, 0.3) is 0 Å². The topological polar surface area (TPSA) is 26.3 Å². The standard InChI is InChI=1S/C18H18O2/c1-10-4-5-12-9-11-3-2-8-18-13(11)6-7-14(19)17(18)20-16(10)15(12)18/h4-6,11,17H,2-3,7-9H2,1H3/t11-,17+,18+/m1/s1. The van der Waals surface area contributed by atoms with Gasteiger partial charge in [0.05, 0.1) is 5.41 Å². The average molecular weight is 266 g/mol. The summed E-state index contributed by atoms with van der Waals surface area (Å²) >= 11 is 0. The van der Waals surface area contributed by atoms with Gasteiger partial charge in [-0.3, -0.25) is 4.79 Å². The second-order valence-electron chi connectivity index (χ2n) is 6.84. The molecule has 2 nitrogen and oxygen atoms in total. The molecule has 1 aromatic rings. The number of ether oxygens (including phenoxy) is 1. The van der Waals surface area contributed by atoms with Gasteiger partial charge in [0.15, 0.2) is 11.9 Å². The Balaban J connectivity index is 1.90. The fraction of sp³-hybridized carbons (Fsp3) is 0.500. The van der Waals surface area contributed by atoms with Crippen LogP contribution in [0.25, 0.3) is 0 Å². The van der Waals surface area contributed by atoms with Crippen LogP contribution >= 0.6 is 0 Å². The van der Waals surface area contributed by atoms with Crippen LogP contribution < -0.4 is 4.74 Å². The molecule has 2 bridgehead atoms. The minimum Gasteiger partial charge on any atom is -0.481 e. The third-order valence-electron chi connectivity index (χ3n) is 5.93. The zero-order valence-corrected chi connectivity index (χ0v) is 11.7. The molecule has 1 fully saturated rings. The molecule has 0 aromatic heterocycles. The van der Waals surface area contributed by atoms with E-state index < -0.39 is 0 Å². The molecule has 102 valence electrons. The Hall–Kier alpha value is -1.57. The fourth-order valence-corrected chi connectivity index (χ4v) is 5.22. The number of hydrogen-bond donors (Lipinski definition) is 0. The number of rotatable bonds is 0. The maximum Gasteiger partial charge on any atom is 0.178 e. The number of hydrogen-bond acceptors (Lipinski definition) is 2. The Labute approximate surface area is 118 Å². The third-order valence-corrected chi connectivity index (χ3v) is 5.93. The molecule has 3 atom stereocenters. The second-order valence-corrected chi connectivity index (χ2v) is 6.84. The van der Waals surface area contributed by atoms with E-state index in [-0.39, 0.29) is 17.3 Å². The molecule has 20 heavy (non-hydrogen) atoms. The van der Waals surface area contributed by atoms with Crippen molar-refractivity contribution in [1.82, 2.24) is 0 Å². The van der Waals surface area contributed by atoms with Crippen molar-refractivity contribution in [2.45, 2.75) is 50.5 Å². The molecule has 2 heteroatoms. The van der Waals surface area contributed by atoms with Gasteiger partial charge in [-0.05, 0) is 43.2 Å². The molecule has 1 heterocycles. The van der Waals surface area contributed by atoms with Crippen molar-refractivity contribution in [3.63, 3.8) is 0 Å². The largest absolute Gasteiger partial charge is 0.481 e. The number of carbonyl (C=O) groups is 1. The van der Waals surface area contributed by atoms with Gasteiger partial charge in [-0.25, -0.2) is 0 Å². The minimum absolute atomic E-state index is 0.0901. The van der Waals surface area contributed by atoms with Crippen molar-refractivity contribution in [3.8, 4) is 5.75 Å². The van der Waals surface area contributed by atoms with E-state index in [2.05, 4.69) is 25.1 Å². The van der Waals surface area contributed by atoms with Crippen molar-refractivity contribution in [3.05, 3.63) is 40.5 Å². The van der Waals surface area contributed by atoms with Crippen LogP contribution in [-0.4, -0.2) is 11.9 Å². The van der Waals surface area contributed by atoms with Gasteiger partial charge in [-0.2, -0.15) is 0 Å². The Morgan fingerprint density at radius 2 is 2.25 bits per heavy atom. The maximum absolute atomic E-state index is 12.5. The molecule has 0 amide bonds. The van der Waals surface area contributed by atoms with Crippen molar-refractivity contribution < 1.29 is 9.53 Å². The normalized spacial score (nSPS) is 36.2. The number of aryl methyl sites for hydroxylation is 1. The molecular weight excluding hydrogens is 248 g/mol. The lowest BCUT2D eigenvalue weighted by Gasteiger charge is -2.49. The molecule has 0 N–H and O–H groups in total. The number of carbonyl (C=O) groups excluding carboxylic acids is 1. The van der Waals surface area contributed by atoms with E-state index in [0.717, 1.165) is 18.6 Å². The maximum atomic E-state index is 12.5. The quantitative estimate of drug-likeness (QED) is 0.674. The molecule has 0 radical (unpaired) electrons. The molecule has 1 saturated carbocycles. The second kappa shape index (κ2) is 3.36. The Morgan fingerprint density at radius 3 is 3.15 bits per heavy atom. The van der Waals surface area contributed by atoms with Crippen LogP contribution in [0.2, 0.25) is 0 Å². The first-order chi connectivity index (χ1) is 9.72. The van der Waals surface area contributed by atoms with Crippen molar-refractivity contribution in [1.29, 1.82) is 0 Å². The highest BCUT2D eigenvalue weighted by molar-refractivity contribution is 5.91. The van der Waals surface area contributed by atoms with Crippen molar-refractivity contribution >= 4 is 5.78 Å². The Kier molecular flexibility index (Phi) is 1.87. The molecular formula is C18H18O2. The van der Waals surface area contributed by atoms with Gasteiger partial charge in [0, 0.05) is 12.0 Å². The molecule has 5 rings (SSSR count). The van der Waals surface area contributed by atoms with Crippen LogP contribution in [0.5, 0.6) is 5.75 Å². The van der Waals surface area contributed by atoms with Crippen LogP contribution in [0.4, 0.5) is 0 Å². The molecule has 1 aliphatic heterocycles. The van der Waals surface area contributed by atoms with Crippen molar-refractivity contribution in [2.24, 2.45) is 5.92 Å². The number of ketones is 1. The third kappa shape index (κ3) is 1.04. The van der Waals surface area contributed by atoms with Crippen LogP contribution in [0.15, 0.2) is 23.8 Å². The Morgan fingerprint density at radius 1 is 1.35 bits per heavy atom. The fourth-order valence-electron chi connectivity index (χ4n) is 5.22. The monoisotopic (exact) mass is 266 g/mol. The van der Waals surface area contributed by atoms with E-state index in [1.807, 2.05) is 0 Å². The van der Waals surface area contributed by atoms with Gasteiger partial charge >= 0.3 is 0 Å². The summed E-state index contributed by atoms with van der Waals surface area (Å²) in [5, 5.41) is 0. The van der Waals surface area contributed by atoms with E-state index in [4.69, 9.17) is 4.74 Å².